The van der Waals surface area contributed by atoms with Crippen molar-refractivity contribution in [2.75, 3.05) is 20.7 Å². The van der Waals surface area contributed by atoms with Crippen molar-refractivity contribution in [1.82, 2.24) is 4.90 Å². The van der Waals surface area contributed by atoms with Crippen molar-refractivity contribution in [2.45, 2.75) is 25.7 Å². The molecule has 17 heavy (non-hydrogen) atoms. The minimum atomic E-state index is -0.928. The third kappa shape index (κ3) is 1.64. The van der Waals surface area contributed by atoms with Crippen LogP contribution >= 0.6 is 0 Å². The van der Waals surface area contributed by atoms with Gasteiger partial charge in [-0.3, -0.25) is 14.4 Å². The number of Topliss-reactive ketones (excluding diaryl/α,β-unsaturated/α-hetero) is 1. The van der Waals surface area contributed by atoms with Gasteiger partial charge in [0.15, 0.2) is 0 Å². The lowest BCUT2D eigenvalue weighted by molar-refractivity contribution is -0.145. The van der Waals surface area contributed by atoms with E-state index in [9.17, 15) is 14.4 Å². The summed E-state index contributed by atoms with van der Waals surface area (Å²) in [5.74, 6) is -0.686. The monoisotopic (exact) mass is 239 g/mol. The van der Waals surface area contributed by atoms with Gasteiger partial charge >= 0.3 is 5.97 Å². The van der Waals surface area contributed by atoms with E-state index < -0.39 is 5.41 Å². The SMILES string of the molecule is COC(=O)CC1CN(C)C(=O)[C@@]12CCCC2=O. The molecule has 1 saturated heterocycles. The van der Waals surface area contributed by atoms with Crippen LogP contribution in [0.5, 0.6) is 0 Å². The zero-order valence-corrected chi connectivity index (χ0v) is 10.2. The first-order chi connectivity index (χ1) is 8.02. The van der Waals surface area contributed by atoms with Gasteiger partial charge in [-0.05, 0) is 12.8 Å². The van der Waals surface area contributed by atoms with Crippen molar-refractivity contribution < 1.29 is 19.1 Å². The number of hydrogen-bond acceptors (Lipinski definition) is 4. The van der Waals surface area contributed by atoms with Crippen LogP contribution in [0.3, 0.4) is 0 Å². The molecule has 94 valence electrons. The third-order valence-electron chi connectivity index (χ3n) is 4.03. The maximum Gasteiger partial charge on any atom is 0.305 e. The van der Waals surface area contributed by atoms with Crippen molar-refractivity contribution in [3.8, 4) is 0 Å². The van der Waals surface area contributed by atoms with E-state index in [1.54, 1.807) is 11.9 Å². The number of rotatable bonds is 2. The quantitative estimate of drug-likeness (QED) is 0.516. The van der Waals surface area contributed by atoms with E-state index in [1.165, 1.54) is 7.11 Å². The summed E-state index contributed by atoms with van der Waals surface area (Å²) in [6, 6.07) is 0. The molecule has 1 spiro atoms. The lowest BCUT2D eigenvalue weighted by Crippen LogP contribution is -2.40. The standard InChI is InChI=1S/C12H17NO4/c1-13-7-8(6-10(15)17-2)12(11(13)16)5-3-4-9(12)14/h8H,3-7H2,1-2H3/t8?,12-/m0/s1. The average Bonchev–Trinajstić information content (AvgIpc) is 2.78. The van der Waals surface area contributed by atoms with E-state index in [1.807, 2.05) is 0 Å². The van der Waals surface area contributed by atoms with Crippen LogP contribution in [0.4, 0.5) is 0 Å². The molecule has 1 saturated carbocycles. The summed E-state index contributed by atoms with van der Waals surface area (Å²) >= 11 is 0. The number of methoxy groups -OCH3 is 1. The Bertz CT molecular complexity index is 379. The maximum atomic E-state index is 12.2. The minimum absolute atomic E-state index is 0.000697. The third-order valence-corrected chi connectivity index (χ3v) is 4.03. The van der Waals surface area contributed by atoms with Crippen molar-refractivity contribution in [2.24, 2.45) is 11.3 Å². The Morgan fingerprint density at radius 1 is 1.53 bits per heavy atom. The Balaban J connectivity index is 2.28. The predicted octanol–water partition coefficient (Wildman–Crippen LogP) is 0.377. The largest absolute Gasteiger partial charge is 0.469 e. The van der Waals surface area contributed by atoms with Crippen LogP contribution in [0, 0.1) is 11.3 Å². The molecule has 0 radical (unpaired) electrons. The normalized spacial score (nSPS) is 32.6. The Labute approximate surface area is 100 Å². The van der Waals surface area contributed by atoms with E-state index >= 15 is 0 Å². The summed E-state index contributed by atoms with van der Waals surface area (Å²) in [4.78, 5) is 37.1. The van der Waals surface area contributed by atoms with Crippen LogP contribution in [0.2, 0.25) is 0 Å². The molecule has 5 nitrogen and oxygen atoms in total. The number of amides is 1. The van der Waals surface area contributed by atoms with Crippen molar-refractivity contribution in [3.63, 3.8) is 0 Å². The number of nitrogens with zero attached hydrogens (tertiary/aromatic N) is 1. The number of carbonyl (C=O) groups is 3. The van der Waals surface area contributed by atoms with Crippen LogP contribution in [-0.4, -0.2) is 43.3 Å². The fraction of sp³-hybridized carbons (Fsp3) is 0.750. The maximum absolute atomic E-state index is 12.2. The first-order valence-corrected chi connectivity index (χ1v) is 5.88. The van der Waals surface area contributed by atoms with E-state index in [4.69, 9.17) is 0 Å². The molecule has 0 aromatic rings. The van der Waals surface area contributed by atoms with E-state index in [-0.39, 0.29) is 30.0 Å². The van der Waals surface area contributed by atoms with Gasteiger partial charge in [0.2, 0.25) is 5.91 Å². The summed E-state index contributed by atoms with van der Waals surface area (Å²) in [7, 11) is 3.01. The molecule has 1 aliphatic carbocycles. The number of esters is 1. The summed E-state index contributed by atoms with van der Waals surface area (Å²) in [6.45, 7) is 0.472. The Kier molecular flexibility index (Phi) is 2.93. The van der Waals surface area contributed by atoms with Gasteiger partial charge in [-0.2, -0.15) is 0 Å². The second kappa shape index (κ2) is 4.13. The van der Waals surface area contributed by atoms with Crippen LogP contribution in [0.15, 0.2) is 0 Å². The molecule has 2 fully saturated rings. The lowest BCUT2D eigenvalue weighted by Gasteiger charge is -2.25. The highest BCUT2D eigenvalue weighted by Crippen LogP contribution is 2.48. The van der Waals surface area contributed by atoms with Crippen LogP contribution in [-0.2, 0) is 19.1 Å². The highest BCUT2D eigenvalue weighted by Gasteiger charge is 2.59. The van der Waals surface area contributed by atoms with Gasteiger partial charge in [0.05, 0.1) is 13.5 Å². The van der Waals surface area contributed by atoms with Gasteiger partial charge in [-0.25, -0.2) is 0 Å². The van der Waals surface area contributed by atoms with Crippen molar-refractivity contribution in [1.29, 1.82) is 0 Å². The fourth-order valence-electron chi connectivity index (χ4n) is 3.16. The van der Waals surface area contributed by atoms with Gasteiger partial charge in [0.25, 0.3) is 0 Å². The molecule has 0 bridgehead atoms. The van der Waals surface area contributed by atoms with Gasteiger partial charge in [-0.15, -0.1) is 0 Å². The lowest BCUT2D eigenvalue weighted by atomic mass is 9.73. The molecule has 2 aliphatic rings. The zero-order chi connectivity index (χ0) is 12.6. The molecule has 0 aromatic heterocycles. The molecule has 0 aromatic carbocycles. The highest BCUT2D eigenvalue weighted by molar-refractivity contribution is 6.09. The van der Waals surface area contributed by atoms with E-state index in [0.29, 0.717) is 19.4 Å². The number of ether oxygens (including phenoxy) is 1. The highest BCUT2D eigenvalue weighted by atomic mass is 16.5. The van der Waals surface area contributed by atoms with Crippen LogP contribution < -0.4 is 0 Å². The number of ketones is 1. The molecule has 1 heterocycles. The number of carbonyl (C=O) groups excluding carboxylic acids is 3. The van der Waals surface area contributed by atoms with Crippen LogP contribution in [0.25, 0.3) is 0 Å². The Morgan fingerprint density at radius 2 is 2.24 bits per heavy atom. The Morgan fingerprint density at radius 3 is 2.76 bits per heavy atom. The molecule has 2 atom stereocenters. The molecule has 1 aliphatic heterocycles. The smallest absolute Gasteiger partial charge is 0.305 e. The summed E-state index contributed by atoms with van der Waals surface area (Å²) < 4.78 is 4.64. The summed E-state index contributed by atoms with van der Waals surface area (Å²) in [6.07, 6.45) is 1.93. The summed E-state index contributed by atoms with van der Waals surface area (Å²) in [5.41, 5.74) is -0.928. The molecule has 1 amide bonds. The Hall–Kier alpha value is -1.39. The molecular weight excluding hydrogens is 222 g/mol. The van der Waals surface area contributed by atoms with Gasteiger partial charge in [0.1, 0.15) is 11.2 Å². The first kappa shape index (κ1) is 12.1. The molecule has 0 N–H and O–H groups in total. The zero-order valence-electron chi connectivity index (χ0n) is 10.2. The first-order valence-electron chi connectivity index (χ1n) is 5.88. The van der Waals surface area contributed by atoms with Gasteiger partial charge < -0.3 is 9.64 Å². The van der Waals surface area contributed by atoms with E-state index in [0.717, 1.165) is 6.42 Å². The second-order valence-electron chi connectivity index (χ2n) is 4.91. The average molecular weight is 239 g/mol. The van der Waals surface area contributed by atoms with Crippen molar-refractivity contribution in [3.05, 3.63) is 0 Å². The molecule has 2 rings (SSSR count). The van der Waals surface area contributed by atoms with Crippen LogP contribution in [0.1, 0.15) is 25.7 Å². The van der Waals surface area contributed by atoms with Gasteiger partial charge in [0, 0.05) is 25.9 Å². The minimum Gasteiger partial charge on any atom is -0.469 e. The van der Waals surface area contributed by atoms with E-state index in [2.05, 4.69) is 4.74 Å². The summed E-state index contributed by atoms with van der Waals surface area (Å²) in [5, 5.41) is 0. The molecule has 1 unspecified atom stereocenters. The van der Waals surface area contributed by atoms with Crippen molar-refractivity contribution >= 4 is 17.7 Å². The molecule has 5 heteroatoms. The molecular formula is C12H17NO4. The van der Waals surface area contributed by atoms with Gasteiger partial charge in [-0.1, -0.05) is 0 Å². The number of likely N-dealkylation sites (tertiary alicyclic amines) is 1. The fourth-order valence-corrected chi connectivity index (χ4v) is 3.16. The second-order valence-corrected chi connectivity index (χ2v) is 4.91. The topological polar surface area (TPSA) is 63.7 Å². The number of hydrogen-bond donors (Lipinski definition) is 0. The predicted molar refractivity (Wildman–Crippen MR) is 59.1 cm³/mol.